The van der Waals surface area contributed by atoms with Gasteiger partial charge in [-0.3, -0.25) is 15.0 Å². The van der Waals surface area contributed by atoms with Crippen LogP contribution in [0.1, 0.15) is 24.9 Å². The van der Waals surface area contributed by atoms with Crippen molar-refractivity contribution in [2.45, 2.75) is 6.61 Å². The molecule has 0 unspecified atom stereocenters. The highest BCUT2D eigenvalue weighted by atomic mass is 32.1. The standard InChI is InChI=1S/C13H12FN3O3S/c14-10-5-7(1-3-9(10)12(15)18)20-6-8-2-4-11(21-8)13(19)17-16/h1-5H,6,16H2,(H2,15,18)(H,17,19). The predicted molar refractivity (Wildman–Crippen MR) is 75.2 cm³/mol. The highest BCUT2D eigenvalue weighted by Gasteiger charge is 2.10. The fraction of sp³-hybridized carbons (Fsp3) is 0.0769. The summed E-state index contributed by atoms with van der Waals surface area (Å²) in [5.41, 5.74) is 6.84. The van der Waals surface area contributed by atoms with Gasteiger partial charge in [0.1, 0.15) is 18.2 Å². The smallest absolute Gasteiger partial charge is 0.275 e. The Morgan fingerprint density at radius 3 is 2.67 bits per heavy atom. The summed E-state index contributed by atoms with van der Waals surface area (Å²) in [5, 5.41) is 0. The Hall–Kier alpha value is -2.45. The molecule has 0 aliphatic rings. The van der Waals surface area contributed by atoms with Crippen molar-refractivity contribution in [2.75, 3.05) is 0 Å². The second-order valence-electron chi connectivity index (χ2n) is 4.03. The van der Waals surface area contributed by atoms with Crippen LogP contribution >= 0.6 is 11.3 Å². The number of benzene rings is 1. The number of thiophene rings is 1. The largest absolute Gasteiger partial charge is 0.488 e. The molecule has 2 amide bonds. The SMILES string of the molecule is NNC(=O)c1ccc(COc2ccc(C(N)=O)c(F)c2)s1. The molecule has 110 valence electrons. The average Bonchev–Trinajstić information content (AvgIpc) is 2.92. The molecule has 0 radical (unpaired) electrons. The zero-order valence-electron chi connectivity index (χ0n) is 10.8. The summed E-state index contributed by atoms with van der Waals surface area (Å²) in [6, 6.07) is 7.12. The van der Waals surface area contributed by atoms with Gasteiger partial charge in [-0.05, 0) is 24.3 Å². The van der Waals surface area contributed by atoms with Crippen molar-refractivity contribution in [1.82, 2.24) is 5.43 Å². The minimum absolute atomic E-state index is 0.165. The Morgan fingerprint density at radius 2 is 2.05 bits per heavy atom. The average molecular weight is 309 g/mol. The summed E-state index contributed by atoms with van der Waals surface area (Å²) in [4.78, 5) is 23.4. The van der Waals surface area contributed by atoms with Gasteiger partial charge in [0.15, 0.2) is 0 Å². The highest BCUT2D eigenvalue weighted by molar-refractivity contribution is 7.14. The quantitative estimate of drug-likeness (QED) is 0.438. The molecule has 1 heterocycles. The zero-order valence-corrected chi connectivity index (χ0v) is 11.6. The first-order valence-electron chi connectivity index (χ1n) is 5.83. The third kappa shape index (κ3) is 3.56. The maximum atomic E-state index is 13.5. The van der Waals surface area contributed by atoms with Crippen LogP contribution in [0.4, 0.5) is 4.39 Å². The number of hydrazine groups is 1. The van der Waals surface area contributed by atoms with Crippen molar-refractivity contribution >= 4 is 23.2 Å². The topological polar surface area (TPSA) is 107 Å². The van der Waals surface area contributed by atoms with E-state index in [4.69, 9.17) is 16.3 Å². The Labute approximate surface area is 123 Å². The fourth-order valence-corrected chi connectivity index (χ4v) is 2.41. The van der Waals surface area contributed by atoms with Crippen molar-refractivity contribution in [1.29, 1.82) is 0 Å². The number of carbonyl (C=O) groups is 2. The number of carbonyl (C=O) groups excluding carboxylic acids is 2. The number of nitrogens with one attached hydrogen (secondary N) is 1. The summed E-state index contributed by atoms with van der Waals surface area (Å²) >= 11 is 1.21. The molecule has 0 aliphatic carbocycles. The second kappa shape index (κ2) is 6.33. The molecule has 0 aliphatic heterocycles. The molecular weight excluding hydrogens is 297 g/mol. The third-order valence-corrected chi connectivity index (χ3v) is 3.66. The molecule has 0 spiro atoms. The minimum atomic E-state index is -0.838. The lowest BCUT2D eigenvalue weighted by Gasteiger charge is -2.06. The highest BCUT2D eigenvalue weighted by Crippen LogP contribution is 2.21. The van der Waals surface area contributed by atoms with Gasteiger partial charge in [0.2, 0.25) is 0 Å². The Balaban J connectivity index is 2.03. The first-order chi connectivity index (χ1) is 10.0. The number of hydrogen-bond donors (Lipinski definition) is 3. The van der Waals surface area contributed by atoms with E-state index in [2.05, 4.69) is 0 Å². The van der Waals surface area contributed by atoms with Crippen molar-refractivity contribution in [3.05, 3.63) is 51.5 Å². The number of rotatable bonds is 5. The number of amides is 2. The van der Waals surface area contributed by atoms with Crippen LogP contribution in [-0.2, 0) is 6.61 Å². The monoisotopic (exact) mass is 309 g/mol. The molecule has 8 heteroatoms. The Bertz CT molecular complexity index is 687. The van der Waals surface area contributed by atoms with E-state index in [1.807, 2.05) is 5.43 Å². The summed E-state index contributed by atoms with van der Waals surface area (Å²) in [6.07, 6.45) is 0. The van der Waals surface area contributed by atoms with Crippen LogP contribution in [0.25, 0.3) is 0 Å². The number of nitrogens with two attached hydrogens (primary N) is 2. The number of ether oxygens (including phenoxy) is 1. The fourth-order valence-electron chi connectivity index (χ4n) is 1.59. The van der Waals surface area contributed by atoms with Gasteiger partial charge in [0.05, 0.1) is 10.4 Å². The second-order valence-corrected chi connectivity index (χ2v) is 5.20. The van der Waals surface area contributed by atoms with Gasteiger partial charge in [-0.15, -0.1) is 11.3 Å². The van der Waals surface area contributed by atoms with E-state index >= 15 is 0 Å². The van der Waals surface area contributed by atoms with E-state index < -0.39 is 11.7 Å². The van der Waals surface area contributed by atoms with Crippen LogP contribution < -0.4 is 21.7 Å². The number of hydrogen-bond acceptors (Lipinski definition) is 5. The summed E-state index contributed by atoms with van der Waals surface area (Å²) in [6.45, 7) is 0.165. The van der Waals surface area contributed by atoms with E-state index in [-0.39, 0.29) is 23.8 Å². The molecule has 0 bridgehead atoms. The Morgan fingerprint density at radius 1 is 1.29 bits per heavy atom. The van der Waals surface area contributed by atoms with Gasteiger partial charge in [0, 0.05) is 10.9 Å². The normalized spacial score (nSPS) is 10.2. The lowest BCUT2D eigenvalue weighted by molar-refractivity contribution is 0.0956. The van der Waals surface area contributed by atoms with E-state index in [9.17, 15) is 14.0 Å². The molecule has 6 nitrogen and oxygen atoms in total. The number of nitrogen functional groups attached to an aromatic ring is 1. The molecule has 0 fully saturated rings. The van der Waals surface area contributed by atoms with Crippen LogP contribution in [0.5, 0.6) is 5.75 Å². The van der Waals surface area contributed by atoms with Gasteiger partial charge < -0.3 is 10.5 Å². The summed E-state index contributed by atoms with van der Waals surface area (Å²) in [5.74, 6) is 3.32. The third-order valence-electron chi connectivity index (χ3n) is 2.60. The molecule has 1 aromatic heterocycles. The first kappa shape index (κ1) is 14.9. The van der Waals surface area contributed by atoms with E-state index in [1.165, 1.54) is 23.5 Å². The molecule has 2 rings (SSSR count). The Kier molecular flexibility index (Phi) is 4.51. The van der Waals surface area contributed by atoms with E-state index in [0.717, 1.165) is 10.9 Å². The predicted octanol–water partition coefficient (Wildman–Crippen LogP) is 1.17. The molecule has 2 aromatic rings. The molecule has 1 aromatic carbocycles. The van der Waals surface area contributed by atoms with Crippen molar-refractivity contribution in [2.24, 2.45) is 11.6 Å². The first-order valence-corrected chi connectivity index (χ1v) is 6.64. The number of primary amides is 1. The summed E-state index contributed by atoms with van der Waals surface area (Å²) < 4.78 is 18.9. The number of halogens is 1. The van der Waals surface area contributed by atoms with Gasteiger partial charge in [-0.1, -0.05) is 0 Å². The summed E-state index contributed by atoms with van der Waals surface area (Å²) in [7, 11) is 0. The van der Waals surface area contributed by atoms with Crippen LogP contribution in [0.3, 0.4) is 0 Å². The maximum Gasteiger partial charge on any atom is 0.275 e. The van der Waals surface area contributed by atoms with Crippen LogP contribution in [0.15, 0.2) is 30.3 Å². The van der Waals surface area contributed by atoms with Gasteiger partial charge in [0.25, 0.3) is 11.8 Å². The maximum absolute atomic E-state index is 13.5. The van der Waals surface area contributed by atoms with Gasteiger partial charge in [-0.25, -0.2) is 10.2 Å². The van der Waals surface area contributed by atoms with Crippen molar-refractivity contribution < 1.29 is 18.7 Å². The van der Waals surface area contributed by atoms with Crippen LogP contribution in [-0.4, -0.2) is 11.8 Å². The van der Waals surface area contributed by atoms with Gasteiger partial charge >= 0.3 is 0 Å². The lowest BCUT2D eigenvalue weighted by atomic mass is 10.2. The lowest BCUT2D eigenvalue weighted by Crippen LogP contribution is -2.29. The van der Waals surface area contributed by atoms with Crippen molar-refractivity contribution in [3.63, 3.8) is 0 Å². The molecule has 0 atom stereocenters. The van der Waals surface area contributed by atoms with Crippen LogP contribution in [0.2, 0.25) is 0 Å². The van der Waals surface area contributed by atoms with E-state index in [1.54, 1.807) is 12.1 Å². The molecule has 0 saturated carbocycles. The van der Waals surface area contributed by atoms with E-state index in [0.29, 0.717) is 4.88 Å². The van der Waals surface area contributed by atoms with Crippen molar-refractivity contribution in [3.8, 4) is 5.75 Å². The molecule has 0 saturated heterocycles. The molecular formula is C13H12FN3O3S. The molecule has 21 heavy (non-hydrogen) atoms. The van der Waals surface area contributed by atoms with Gasteiger partial charge in [-0.2, -0.15) is 0 Å². The molecule has 5 N–H and O–H groups in total. The zero-order chi connectivity index (χ0) is 15.4. The van der Waals surface area contributed by atoms with Crippen LogP contribution in [0, 0.1) is 5.82 Å². The minimum Gasteiger partial charge on any atom is -0.488 e.